The molecule has 0 aliphatic heterocycles. The van der Waals surface area contributed by atoms with Crippen LogP contribution in [0.25, 0.3) is 6.08 Å². The van der Waals surface area contributed by atoms with Crippen LogP contribution in [0.2, 0.25) is 0 Å². The molecule has 0 aliphatic carbocycles. The first-order valence-electron chi connectivity index (χ1n) is 5.06. The van der Waals surface area contributed by atoms with Crippen LogP contribution in [-0.4, -0.2) is 11.8 Å². The second kappa shape index (κ2) is 5.05. The monoisotopic (exact) mass is 246 g/mol. The topological polar surface area (TPSA) is 98.5 Å². The lowest BCUT2D eigenvalue weighted by molar-refractivity contribution is -0.114. The van der Waals surface area contributed by atoms with Crippen LogP contribution in [0.15, 0.2) is 51.3 Å². The largest absolute Gasteiger partial charge is 0.465 e. The minimum Gasteiger partial charge on any atom is -0.465 e. The van der Waals surface area contributed by atoms with E-state index in [0.717, 1.165) is 0 Å². The summed E-state index contributed by atoms with van der Waals surface area (Å²) in [6.45, 7) is 0. The molecule has 2 rings (SSSR count). The number of primary amides is 1. The summed E-state index contributed by atoms with van der Waals surface area (Å²) in [5, 5.41) is 2.35. The zero-order valence-electron chi connectivity index (χ0n) is 9.25. The van der Waals surface area contributed by atoms with Crippen LogP contribution < -0.4 is 11.1 Å². The molecule has 0 unspecified atom stereocenters. The van der Waals surface area contributed by atoms with Crippen LogP contribution in [0.5, 0.6) is 0 Å². The van der Waals surface area contributed by atoms with Crippen molar-refractivity contribution < 1.29 is 18.4 Å². The van der Waals surface area contributed by atoms with Crippen LogP contribution in [0.4, 0.5) is 0 Å². The number of carbonyl (C=O) groups excluding carboxylic acids is 2. The predicted octanol–water partition coefficient (Wildman–Crippen LogP) is 1.13. The summed E-state index contributed by atoms with van der Waals surface area (Å²) >= 11 is 0. The van der Waals surface area contributed by atoms with Gasteiger partial charge in [-0.05, 0) is 24.3 Å². The van der Waals surface area contributed by atoms with Crippen LogP contribution in [0, 0.1) is 0 Å². The van der Waals surface area contributed by atoms with Crippen molar-refractivity contribution in [3.05, 3.63) is 54.0 Å². The first kappa shape index (κ1) is 11.7. The highest BCUT2D eigenvalue weighted by Gasteiger charge is 2.14. The van der Waals surface area contributed by atoms with Gasteiger partial charge in [-0.3, -0.25) is 9.59 Å². The van der Waals surface area contributed by atoms with Gasteiger partial charge in [0.05, 0.1) is 12.5 Å². The fourth-order valence-electron chi connectivity index (χ4n) is 1.28. The second-order valence-corrected chi connectivity index (χ2v) is 3.37. The zero-order chi connectivity index (χ0) is 13.0. The molecule has 2 aromatic rings. The van der Waals surface area contributed by atoms with Gasteiger partial charge in [0.25, 0.3) is 11.8 Å². The molecule has 0 saturated carbocycles. The highest BCUT2D eigenvalue weighted by Crippen LogP contribution is 2.07. The quantitative estimate of drug-likeness (QED) is 0.790. The zero-order valence-corrected chi connectivity index (χ0v) is 9.25. The number of hydrogen-bond acceptors (Lipinski definition) is 4. The van der Waals surface area contributed by atoms with E-state index in [1.165, 1.54) is 24.7 Å². The summed E-state index contributed by atoms with van der Waals surface area (Å²) in [5.41, 5.74) is 5.08. The Morgan fingerprint density at radius 2 is 1.89 bits per heavy atom. The SMILES string of the molecule is NC(=O)/C(=C\c1ccco1)NC(=O)c1ccco1. The van der Waals surface area contributed by atoms with Crippen LogP contribution >= 0.6 is 0 Å². The molecule has 0 bridgehead atoms. The third-order valence-corrected chi connectivity index (χ3v) is 2.09. The van der Waals surface area contributed by atoms with Crippen molar-refractivity contribution >= 4 is 17.9 Å². The third kappa shape index (κ3) is 2.67. The van der Waals surface area contributed by atoms with Gasteiger partial charge in [-0.25, -0.2) is 0 Å². The molecular weight excluding hydrogens is 236 g/mol. The van der Waals surface area contributed by atoms with Gasteiger partial charge in [-0.1, -0.05) is 0 Å². The molecule has 18 heavy (non-hydrogen) atoms. The molecule has 0 saturated heterocycles. The summed E-state index contributed by atoms with van der Waals surface area (Å²) in [5.74, 6) is -0.840. The van der Waals surface area contributed by atoms with Crippen LogP contribution in [0.1, 0.15) is 16.3 Å². The van der Waals surface area contributed by atoms with Gasteiger partial charge in [-0.15, -0.1) is 0 Å². The molecule has 0 aliphatic rings. The minimum atomic E-state index is -0.772. The van der Waals surface area contributed by atoms with Crippen molar-refractivity contribution in [2.75, 3.05) is 0 Å². The van der Waals surface area contributed by atoms with E-state index in [1.54, 1.807) is 18.2 Å². The van der Waals surface area contributed by atoms with E-state index in [9.17, 15) is 9.59 Å². The highest BCUT2D eigenvalue weighted by molar-refractivity contribution is 6.03. The lowest BCUT2D eigenvalue weighted by atomic mass is 10.3. The van der Waals surface area contributed by atoms with E-state index in [1.807, 2.05) is 0 Å². The van der Waals surface area contributed by atoms with E-state index in [2.05, 4.69) is 5.32 Å². The Balaban J connectivity index is 2.17. The van der Waals surface area contributed by atoms with Gasteiger partial charge in [-0.2, -0.15) is 0 Å². The number of amides is 2. The van der Waals surface area contributed by atoms with Crippen molar-refractivity contribution in [3.63, 3.8) is 0 Å². The van der Waals surface area contributed by atoms with Gasteiger partial charge in [0.2, 0.25) is 0 Å². The highest BCUT2D eigenvalue weighted by atomic mass is 16.3. The van der Waals surface area contributed by atoms with E-state index in [0.29, 0.717) is 5.76 Å². The van der Waals surface area contributed by atoms with E-state index < -0.39 is 11.8 Å². The van der Waals surface area contributed by atoms with Gasteiger partial charge in [0, 0.05) is 6.08 Å². The third-order valence-electron chi connectivity index (χ3n) is 2.09. The molecule has 0 aromatic carbocycles. The molecule has 0 radical (unpaired) electrons. The summed E-state index contributed by atoms with van der Waals surface area (Å²) in [6.07, 6.45) is 4.14. The van der Waals surface area contributed by atoms with E-state index >= 15 is 0 Å². The van der Waals surface area contributed by atoms with Crippen molar-refractivity contribution in [3.8, 4) is 0 Å². The molecule has 92 valence electrons. The van der Waals surface area contributed by atoms with E-state index in [4.69, 9.17) is 14.6 Å². The maximum atomic E-state index is 11.7. The molecule has 6 heteroatoms. The van der Waals surface area contributed by atoms with Crippen molar-refractivity contribution in [2.45, 2.75) is 0 Å². The molecule has 0 fully saturated rings. The first-order valence-corrected chi connectivity index (χ1v) is 5.06. The van der Waals surface area contributed by atoms with Crippen molar-refractivity contribution in [1.82, 2.24) is 5.32 Å². The number of furan rings is 2. The Bertz CT molecular complexity index is 567. The Hall–Kier alpha value is -2.76. The van der Waals surface area contributed by atoms with Gasteiger partial charge < -0.3 is 19.9 Å². The maximum Gasteiger partial charge on any atom is 0.291 e. The summed E-state index contributed by atoms with van der Waals surface area (Å²) in [7, 11) is 0. The van der Waals surface area contributed by atoms with Crippen LogP contribution in [-0.2, 0) is 4.79 Å². The normalized spacial score (nSPS) is 11.2. The molecule has 3 N–H and O–H groups in total. The van der Waals surface area contributed by atoms with Gasteiger partial charge >= 0.3 is 0 Å². The summed E-state index contributed by atoms with van der Waals surface area (Å²) in [6, 6.07) is 6.32. The minimum absolute atomic E-state index is 0.0775. The van der Waals surface area contributed by atoms with Crippen LogP contribution in [0.3, 0.4) is 0 Å². The number of nitrogens with one attached hydrogen (secondary N) is 1. The lowest BCUT2D eigenvalue weighted by Gasteiger charge is -2.03. The number of hydrogen-bond donors (Lipinski definition) is 2. The Morgan fingerprint density at radius 1 is 1.17 bits per heavy atom. The first-order chi connectivity index (χ1) is 8.66. The molecule has 0 atom stereocenters. The molecular formula is C12H10N2O4. The number of rotatable bonds is 4. The number of nitrogens with two attached hydrogens (primary N) is 1. The van der Waals surface area contributed by atoms with Crippen molar-refractivity contribution in [1.29, 1.82) is 0 Å². The molecule has 2 amide bonds. The molecule has 2 heterocycles. The Kier molecular flexibility index (Phi) is 3.29. The van der Waals surface area contributed by atoms with E-state index in [-0.39, 0.29) is 11.5 Å². The molecule has 6 nitrogen and oxygen atoms in total. The lowest BCUT2D eigenvalue weighted by Crippen LogP contribution is -2.30. The predicted molar refractivity (Wildman–Crippen MR) is 62.1 cm³/mol. The standard InChI is InChI=1S/C12H10N2O4/c13-11(15)9(7-8-3-1-5-17-8)14-12(16)10-4-2-6-18-10/h1-7H,(H2,13,15)(H,14,16)/b9-7+. The molecule has 0 spiro atoms. The fraction of sp³-hybridized carbons (Fsp3) is 0. The maximum absolute atomic E-state index is 11.7. The summed E-state index contributed by atoms with van der Waals surface area (Å²) < 4.78 is 9.92. The Labute approximate surface area is 102 Å². The van der Waals surface area contributed by atoms with Gasteiger partial charge in [0.15, 0.2) is 5.76 Å². The van der Waals surface area contributed by atoms with Crippen molar-refractivity contribution in [2.24, 2.45) is 5.73 Å². The Morgan fingerprint density at radius 3 is 2.44 bits per heavy atom. The summed E-state index contributed by atoms with van der Waals surface area (Å²) in [4.78, 5) is 22.9. The average molecular weight is 246 g/mol. The average Bonchev–Trinajstić information content (AvgIpc) is 3.00. The van der Waals surface area contributed by atoms with Gasteiger partial charge in [0.1, 0.15) is 11.5 Å². The smallest absolute Gasteiger partial charge is 0.291 e. The fourth-order valence-corrected chi connectivity index (χ4v) is 1.28. The second-order valence-electron chi connectivity index (χ2n) is 3.37. The number of carbonyl (C=O) groups is 2. The molecule has 2 aromatic heterocycles.